The molecule has 0 amide bonds. The molecule has 1 fully saturated rings. The van der Waals surface area contributed by atoms with E-state index < -0.39 is 0 Å². The molecule has 1 aromatic carbocycles. The van der Waals surface area contributed by atoms with E-state index in [0.717, 1.165) is 12.3 Å². The normalized spacial score (nSPS) is 16.2. The van der Waals surface area contributed by atoms with Crippen LogP contribution in [0.3, 0.4) is 0 Å². The smallest absolute Gasteiger partial charge is 0.0494 e. The Hall–Kier alpha value is -2.61. The van der Waals surface area contributed by atoms with Gasteiger partial charge in [0.15, 0.2) is 0 Å². The summed E-state index contributed by atoms with van der Waals surface area (Å²) in [5, 5.41) is 3.74. The van der Waals surface area contributed by atoms with Crippen molar-refractivity contribution in [3.05, 3.63) is 65.4 Å². The lowest BCUT2D eigenvalue weighted by atomic mass is 9.82. The lowest BCUT2D eigenvalue weighted by Crippen LogP contribution is -2.26. The van der Waals surface area contributed by atoms with Gasteiger partial charge in [-0.2, -0.15) is 0 Å². The molecule has 0 bridgehead atoms. The van der Waals surface area contributed by atoms with Crippen LogP contribution >= 0.6 is 0 Å². The number of nitrogens with zero attached hydrogens (tertiary/aromatic N) is 2. The maximum atomic E-state index is 4.72. The average molecular weight is 342 g/mol. The van der Waals surface area contributed by atoms with Crippen LogP contribution in [0, 0.1) is 5.92 Å². The molecule has 2 aromatic heterocycles. The fourth-order valence-electron chi connectivity index (χ4n) is 3.99. The highest BCUT2D eigenvalue weighted by Gasteiger charge is 2.18. The molecule has 0 unspecified atom stereocenters. The van der Waals surface area contributed by atoms with E-state index in [2.05, 4.69) is 67.6 Å². The van der Waals surface area contributed by atoms with E-state index in [9.17, 15) is 0 Å². The third-order valence-electron chi connectivity index (χ3n) is 5.73. The van der Waals surface area contributed by atoms with Gasteiger partial charge in [-0.25, -0.2) is 0 Å². The second-order valence-electron chi connectivity index (χ2n) is 7.32. The summed E-state index contributed by atoms with van der Waals surface area (Å²) >= 11 is 0. The summed E-state index contributed by atoms with van der Waals surface area (Å²) < 4.78 is 2.24. The van der Waals surface area contributed by atoms with Gasteiger partial charge in [0.1, 0.15) is 0 Å². The number of aromatic nitrogens is 2. The quantitative estimate of drug-likeness (QED) is 0.689. The highest BCUT2D eigenvalue weighted by molar-refractivity contribution is 5.86. The fourth-order valence-corrected chi connectivity index (χ4v) is 3.99. The van der Waals surface area contributed by atoms with Gasteiger partial charge in [0.25, 0.3) is 0 Å². The van der Waals surface area contributed by atoms with Gasteiger partial charge in [0, 0.05) is 46.0 Å². The first-order valence-electron chi connectivity index (χ1n) is 9.54. The minimum atomic E-state index is 0.858. The van der Waals surface area contributed by atoms with Crippen LogP contribution in [0.2, 0.25) is 0 Å². The lowest BCUT2D eigenvalue weighted by Gasteiger charge is -2.24. The van der Waals surface area contributed by atoms with E-state index in [-0.39, 0.29) is 0 Å². The summed E-state index contributed by atoms with van der Waals surface area (Å²) in [5.74, 6) is 0.858. The first kappa shape index (κ1) is 16.8. The van der Waals surface area contributed by atoms with Crippen LogP contribution in [0.25, 0.3) is 34.2 Å². The zero-order valence-electron chi connectivity index (χ0n) is 15.7. The van der Waals surface area contributed by atoms with Gasteiger partial charge in [-0.15, -0.1) is 0 Å². The summed E-state index contributed by atoms with van der Waals surface area (Å²) in [7, 11) is 2.12. The Morgan fingerprint density at radius 2 is 2.00 bits per heavy atom. The van der Waals surface area contributed by atoms with Gasteiger partial charge in [-0.05, 0) is 43.0 Å². The standard InChI is InChI=1S/C24H26N2/c1-4-7-23-21(5-2)22-13-11-18(15-24(22)26(23)3)19-10-12-20(25-16-19)14-17-8-6-9-17/h4-5,7,10-13,15-17H,1,6,8-9,14H2,2-3H3/b21-5-,23-7+. The number of fused-ring (bicyclic) bond motifs is 1. The van der Waals surface area contributed by atoms with Crippen molar-refractivity contribution in [2.75, 3.05) is 0 Å². The number of hydrogen-bond acceptors (Lipinski definition) is 1. The number of pyridine rings is 1. The lowest BCUT2D eigenvalue weighted by molar-refractivity contribution is 0.312. The molecule has 1 aliphatic carbocycles. The number of rotatable bonds is 4. The van der Waals surface area contributed by atoms with Crippen LogP contribution < -0.4 is 10.6 Å². The Kier molecular flexibility index (Phi) is 4.50. The highest BCUT2D eigenvalue weighted by atomic mass is 14.9. The molecule has 132 valence electrons. The molecule has 0 spiro atoms. The van der Waals surface area contributed by atoms with E-state index in [1.165, 1.54) is 57.6 Å². The van der Waals surface area contributed by atoms with Crippen LogP contribution in [-0.4, -0.2) is 9.55 Å². The molecule has 3 aromatic rings. The Morgan fingerprint density at radius 1 is 1.19 bits per heavy atom. The monoisotopic (exact) mass is 342 g/mol. The van der Waals surface area contributed by atoms with E-state index in [1.54, 1.807) is 0 Å². The van der Waals surface area contributed by atoms with Crippen molar-refractivity contribution in [2.45, 2.75) is 32.6 Å². The second kappa shape index (κ2) is 6.95. The predicted octanol–water partition coefficient (Wildman–Crippen LogP) is 4.35. The van der Waals surface area contributed by atoms with Crippen LogP contribution in [0.5, 0.6) is 0 Å². The van der Waals surface area contributed by atoms with Crippen LogP contribution in [0.1, 0.15) is 31.9 Å². The van der Waals surface area contributed by atoms with Gasteiger partial charge in [0.05, 0.1) is 0 Å². The minimum absolute atomic E-state index is 0.858. The van der Waals surface area contributed by atoms with Crippen LogP contribution in [0.15, 0.2) is 49.2 Å². The first-order chi connectivity index (χ1) is 12.7. The maximum Gasteiger partial charge on any atom is 0.0494 e. The molecule has 2 heteroatoms. The molecule has 26 heavy (non-hydrogen) atoms. The van der Waals surface area contributed by atoms with E-state index >= 15 is 0 Å². The summed E-state index contributed by atoms with van der Waals surface area (Å²) in [4.78, 5) is 4.72. The Labute approximate surface area is 155 Å². The number of hydrogen-bond donors (Lipinski definition) is 0. The van der Waals surface area contributed by atoms with Crippen LogP contribution in [-0.2, 0) is 13.5 Å². The van der Waals surface area contributed by atoms with Crippen LogP contribution in [0.4, 0.5) is 0 Å². The fraction of sp³-hybridized carbons (Fsp3) is 0.292. The molecule has 0 N–H and O–H groups in total. The van der Waals surface area contributed by atoms with Crippen molar-refractivity contribution >= 4 is 23.1 Å². The third-order valence-corrected chi connectivity index (χ3v) is 5.73. The molecule has 1 aliphatic rings. The van der Waals surface area contributed by atoms with E-state index in [0.29, 0.717) is 0 Å². The topological polar surface area (TPSA) is 17.8 Å². The Bertz CT molecular complexity index is 1060. The SMILES string of the molecule is C=C/C=c1\c(=C/C)c2ccc(-c3ccc(CC4CCC4)nc3)cc2n1C. The molecule has 0 saturated heterocycles. The van der Waals surface area contributed by atoms with Gasteiger partial charge < -0.3 is 4.57 Å². The Morgan fingerprint density at radius 3 is 2.62 bits per heavy atom. The largest absolute Gasteiger partial charge is 0.344 e. The summed E-state index contributed by atoms with van der Waals surface area (Å²) in [6.45, 7) is 5.95. The van der Waals surface area contributed by atoms with E-state index in [4.69, 9.17) is 4.98 Å². The molecule has 1 saturated carbocycles. The van der Waals surface area contributed by atoms with Crippen molar-refractivity contribution < 1.29 is 0 Å². The van der Waals surface area contributed by atoms with Crippen molar-refractivity contribution in [3.8, 4) is 11.1 Å². The minimum Gasteiger partial charge on any atom is -0.344 e. The summed E-state index contributed by atoms with van der Waals surface area (Å²) in [5.41, 5.74) is 4.86. The van der Waals surface area contributed by atoms with Gasteiger partial charge in [-0.1, -0.05) is 56.2 Å². The molecular weight excluding hydrogens is 316 g/mol. The number of allylic oxidation sites excluding steroid dienone is 1. The zero-order valence-corrected chi connectivity index (χ0v) is 15.7. The van der Waals surface area contributed by atoms with Gasteiger partial charge in [-0.3, -0.25) is 4.98 Å². The molecule has 0 radical (unpaired) electrons. The zero-order chi connectivity index (χ0) is 18.1. The molecular formula is C24H26N2. The van der Waals surface area contributed by atoms with Crippen molar-refractivity contribution in [1.29, 1.82) is 0 Å². The molecule has 2 heterocycles. The average Bonchev–Trinajstić information content (AvgIpc) is 2.90. The maximum absolute atomic E-state index is 4.72. The predicted molar refractivity (Wildman–Crippen MR) is 111 cm³/mol. The molecule has 4 rings (SSSR count). The molecule has 0 aliphatic heterocycles. The Balaban J connectivity index is 1.74. The summed E-state index contributed by atoms with van der Waals surface area (Å²) in [6, 6.07) is 11.1. The first-order valence-corrected chi connectivity index (χ1v) is 9.54. The number of aryl methyl sites for hydroxylation is 1. The third kappa shape index (κ3) is 2.90. The van der Waals surface area contributed by atoms with Crippen molar-refractivity contribution in [2.24, 2.45) is 13.0 Å². The van der Waals surface area contributed by atoms with Gasteiger partial charge in [0.2, 0.25) is 0 Å². The summed E-state index contributed by atoms with van der Waals surface area (Å²) in [6.07, 6.45) is 13.4. The molecule has 2 nitrogen and oxygen atoms in total. The van der Waals surface area contributed by atoms with Crippen molar-refractivity contribution in [1.82, 2.24) is 9.55 Å². The second-order valence-corrected chi connectivity index (χ2v) is 7.32. The number of benzene rings is 1. The van der Waals surface area contributed by atoms with E-state index in [1.807, 2.05) is 12.3 Å². The van der Waals surface area contributed by atoms with Crippen molar-refractivity contribution in [3.63, 3.8) is 0 Å². The molecule has 0 atom stereocenters. The van der Waals surface area contributed by atoms with Gasteiger partial charge >= 0.3 is 0 Å². The highest BCUT2D eigenvalue weighted by Crippen LogP contribution is 2.30.